The van der Waals surface area contributed by atoms with Crippen molar-refractivity contribution in [3.05, 3.63) is 29.8 Å². The molecule has 0 unspecified atom stereocenters. The predicted molar refractivity (Wildman–Crippen MR) is 53.0 cm³/mol. The number of rotatable bonds is 4. The van der Waals surface area contributed by atoms with E-state index in [9.17, 15) is 13.2 Å². The molecule has 0 amide bonds. The number of aliphatic hydroxyl groups excluding tert-OH is 2. The average molecular weight is 235 g/mol. The molecular formula is C10H12F3NO2. The van der Waals surface area contributed by atoms with Gasteiger partial charge < -0.3 is 15.5 Å². The first-order valence-corrected chi connectivity index (χ1v) is 4.63. The highest BCUT2D eigenvalue weighted by atomic mass is 19.4. The highest BCUT2D eigenvalue weighted by Crippen LogP contribution is 2.34. The Bertz CT molecular complexity index is 337. The van der Waals surface area contributed by atoms with Gasteiger partial charge in [0.25, 0.3) is 0 Å². The van der Waals surface area contributed by atoms with Crippen LogP contribution in [-0.4, -0.2) is 29.5 Å². The lowest BCUT2D eigenvalue weighted by Gasteiger charge is -2.19. The van der Waals surface area contributed by atoms with Crippen LogP contribution in [0.15, 0.2) is 24.3 Å². The lowest BCUT2D eigenvalue weighted by molar-refractivity contribution is -0.137. The van der Waals surface area contributed by atoms with Gasteiger partial charge in [-0.3, -0.25) is 0 Å². The van der Waals surface area contributed by atoms with Gasteiger partial charge >= 0.3 is 6.18 Å². The zero-order valence-corrected chi connectivity index (χ0v) is 8.33. The first-order chi connectivity index (χ1) is 7.49. The summed E-state index contributed by atoms with van der Waals surface area (Å²) in [5.41, 5.74) is -0.968. The normalized spacial score (nSPS) is 11.9. The number of hydrogen-bond donors (Lipinski definition) is 3. The first-order valence-electron chi connectivity index (χ1n) is 4.63. The second kappa shape index (κ2) is 5.18. The van der Waals surface area contributed by atoms with Gasteiger partial charge in [-0.05, 0) is 12.1 Å². The molecule has 0 aromatic heterocycles. The predicted octanol–water partition coefficient (Wildman–Crippen LogP) is 1.47. The number of anilines is 1. The lowest BCUT2D eigenvalue weighted by Crippen LogP contribution is -2.28. The molecule has 0 aliphatic carbocycles. The number of alkyl halides is 3. The van der Waals surface area contributed by atoms with Gasteiger partial charge in [0.15, 0.2) is 0 Å². The van der Waals surface area contributed by atoms with Crippen molar-refractivity contribution in [2.24, 2.45) is 0 Å². The van der Waals surface area contributed by atoms with Crippen LogP contribution in [-0.2, 0) is 6.18 Å². The second-order valence-electron chi connectivity index (χ2n) is 3.25. The molecule has 6 heteroatoms. The Morgan fingerprint density at radius 1 is 1.12 bits per heavy atom. The molecule has 0 aliphatic rings. The van der Waals surface area contributed by atoms with Gasteiger partial charge in [-0.25, -0.2) is 0 Å². The Balaban J connectivity index is 2.95. The highest BCUT2D eigenvalue weighted by molar-refractivity contribution is 5.53. The maximum atomic E-state index is 12.5. The Kier molecular flexibility index (Phi) is 4.14. The SMILES string of the molecule is OCC(CO)Nc1ccccc1C(F)(F)F. The van der Waals surface area contributed by atoms with E-state index in [1.807, 2.05) is 0 Å². The summed E-state index contributed by atoms with van der Waals surface area (Å²) in [4.78, 5) is 0. The number of nitrogens with one attached hydrogen (secondary N) is 1. The second-order valence-corrected chi connectivity index (χ2v) is 3.25. The molecular weight excluding hydrogens is 223 g/mol. The quantitative estimate of drug-likeness (QED) is 0.740. The molecule has 0 radical (unpaired) electrons. The third kappa shape index (κ3) is 3.11. The summed E-state index contributed by atoms with van der Waals surface area (Å²) < 4.78 is 37.6. The van der Waals surface area contributed by atoms with Crippen LogP contribution >= 0.6 is 0 Å². The molecule has 0 bridgehead atoms. The minimum atomic E-state index is -4.46. The standard InChI is InChI=1S/C10H12F3NO2/c11-10(12,13)8-3-1-2-4-9(8)14-7(5-15)6-16/h1-4,7,14-16H,5-6H2. The molecule has 0 heterocycles. The summed E-state index contributed by atoms with van der Waals surface area (Å²) in [5, 5.41) is 20.0. The first kappa shape index (κ1) is 12.8. The van der Waals surface area contributed by atoms with Gasteiger partial charge in [0, 0.05) is 5.69 Å². The maximum Gasteiger partial charge on any atom is 0.418 e. The van der Waals surface area contributed by atoms with Gasteiger partial charge in [0.05, 0.1) is 24.8 Å². The number of hydrogen-bond acceptors (Lipinski definition) is 3. The third-order valence-electron chi connectivity index (χ3n) is 2.03. The number of aliphatic hydroxyl groups is 2. The Labute approximate surface area is 90.5 Å². The van der Waals surface area contributed by atoms with Gasteiger partial charge in [-0.2, -0.15) is 13.2 Å². The van der Waals surface area contributed by atoms with Crippen LogP contribution in [0.1, 0.15) is 5.56 Å². The summed E-state index contributed by atoms with van der Waals surface area (Å²) in [6.45, 7) is -0.884. The smallest absolute Gasteiger partial charge is 0.394 e. The van der Waals surface area contributed by atoms with Crippen LogP contribution < -0.4 is 5.32 Å². The molecule has 1 aromatic carbocycles. The largest absolute Gasteiger partial charge is 0.418 e. The van der Waals surface area contributed by atoms with E-state index in [0.717, 1.165) is 6.07 Å². The molecule has 90 valence electrons. The van der Waals surface area contributed by atoms with Crippen molar-refractivity contribution in [1.82, 2.24) is 0 Å². The van der Waals surface area contributed by atoms with E-state index < -0.39 is 31.0 Å². The van der Waals surface area contributed by atoms with Crippen molar-refractivity contribution in [3.8, 4) is 0 Å². The molecule has 16 heavy (non-hydrogen) atoms. The average Bonchev–Trinajstić information content (AvgIpc) is 2.25. The minimum absolute atomic E-state index is 0.150. The van der Waals surface area contributed by atoms with E-state index in [1.165, 1.54) is 18.2 Å². The zero-order valence-electron chi connectivity index (χ0n) is 8.33. The number of halogens is 3. The Morgan fingerprint density at radius 2 is 1.69 bits per heavy atom. The summed E-state index contributed by atoms with van der Waals surface area (Å²) in [6.07, 6.45) is -4.46. The van der Waals surface area contributed by atoms with E-state index in [2.05, 4.69) is 5.32 Å². The summed E-state index contributed by atoms with van der Waals surface area (Å²) in [6, 6.07) is 4.11. The third-order valence-corrected chi connectivity index (χ3v) is 2.03. The van der Waals surface area contributed by atoms with Crippen molar-refractivity contribution < 1.29 is 23.4 Å². The topological polar surface area (TPSA) is 52.5 Å². The van der Waals surface area contributed by atoms with Crippen LogP contribution in [0, 0.1) is 0 Å². The Hall–Kier alpha value is -1.27. The number of benzene rings is 1. The van der Waals surface area contributed by atoms with Gasteiger partial charge in [0.2, 0.25) is 0 Å². The van der Waals surface area contributed by atoms with E-state index >= 15 is 0 Å². The number of para-hydroxylation sites is 1. The van der Waals surface area contributed by atoms with Crippen molar-refractivity contribution in [2.75, 3.05) is 18.5 Å². The fourth-order valence-corrected chi connectivity index (χ4v) is 1.23. The molecule has 3 N–H and O–H groups in total. The van der Waals surface area contributed by atoms with Crippen molar-refractivity contribution in [3.63, 3.8) is 0 Å². The zero-order chi connectivity index (χ0) is 12.2. The maximum absolute atomic E-state index is 12.5. The molecule has 1 rings (SSSR count). The molecule has 0 atom stereocenters. The van der Waals surface area contributed by atoms with Crippen LogP contribution in [0.25, 0.3) is 0 Å². The lowest BCUT2D eigenvalue weighted by atomic mass is 10.1. The summed E-state index contributed by atoms with van der Waals surface area (Å²) in [5.74, 6) is 0. The molecule has 0 fully saturated rings. The van der Waals surface area contributed by atoms with Crippen LogP contribution in [0.2, 0.25) is 0 Å². The highest BCUT2D eigenvalue weighted by Gasteiger charge is 2.33. The van der Waals surface area contributed by atoms with Crippen molar-refractivity contribution in [2.45, 2.75) is 12.2 Å². The molecule has 0 saturated heterocycles. The fourth-order valence-electron chi connectivity index (χ4n) is 1.23. The van der Waals surface area contributed by atoms with Gasteiger partial charge in [-0.1, -0.05) is 12.1 Å². The molecule has 0 spiro atoms. The van der Waals surface area contributed by atoms with Crippen molar-refractivity contribution >= 4 is 5.69 Å². The monoisotopic (exact) mass is 235 g/mol. The summed E-state index contributed by atoms with van der Waals surface area (Å²) in [7, 11) is 0. The van der Waals surface area contributed by atoms with E-state index in [-0.39, 0.29) is 5.69 Å². The van der Waals surface area contributed by atoms with Crippen molar-refractivity contribution in [1.29, 1.82) is 0 Å². The fraction of sp³-hybridized carbons (Fsp3) is 0.400. The summed E-state index contributed by atoms with van der Waals surface area (Å²) >= 11 is 0. The molecule has 0 saturated carbocycles. The van der Waals surface area contributed by atoms with Gasteiger partial charge in [0.1, 0.15) is 0 Å². The molecule has 3 nitrogen and oxygen atoms in total. The van der Waals surface area contributed by atoms with E-state index in [1.54, 1.807) is 0 Å². The van der Waals surface area contributed by atoms with E-state index in [4.69, 9.17) is 10.2 Å². The Morgan fingerprint density at radius 3 is 2.19 bits per heavy atom. The molecule has 1 aromatic rings. The molecule has 0 aliphatic heterocycles. The van der Waals surface area contributed by atoms with Crippen LogP contribution in [0.5, 0.6) is 0 Å². The van der Waals surface area contributed by atoms with Gasteiger partial charge in [-0.15, -0.1) is 0 Å². The van der Waals surface area contributed by atoms with Crippen LogP contribution in [0.3, 0.4) is 0 Å². The van der Waals surface area contributed by atoms with Crippen LogP contribution in [0.4, 0.5) is 18.9 Å². The van der Waals surface area contributed by atoms with E-state index in [0.29, 0.717) is 0 Å². The minimum Gasteiger partial charge on any atom is -0.394 e.